The van der Waals surface area contributed by atoms with E-state index < -0.39 is 11.6 Å². The summed E-state index contributed by atoms with van der Waals surface area (Å²) in [7, 11) is 0. The molecule has 0 spiro atoms. The molecule has 0 aliphatic carbocycles. The van der Waals surface area contributed by atoms with Gasteiger partial charge in [0.2, 0.25) is 0 Å². The van der Waals surface area contributed by atoms with E-state index in [1.807, 2.05) is 19.9 Å². The van der Waals surface area contributed by atoms with Gasteiger partial charge in [0.1, 0.15) is 17.3 Å². The lowest BCUT2D eigenvalue weighted by Crippen LogP contribution is -2.40. The van der Waals surface area contributed by atoms with Crippen LogP contribution in [0.15, 0.2) is 18.2 Å². The van der Waals surface area contributed by atoms with Gasteiger partial charge in [-0.25, -0.2) is 18.7 Å². The standard InChI is InChI=1S/C18H19F2N5/c1-11-7-17(23-12(2)22-11)25-5-3-14(4-6-25)24-18-15(19)8-13(10-21)9-16(18)20/h7-9,14,24H,3-6H2,1-2H3. The number of aromatic nitrogens is 2. The van der Waals surface area contributed by atoms with Crippen molar-refractivity contribution >= 4 is 11.5 Å². The maximum atomic E-state index is 14.0. The van der Waals surface area contributed by atoms with E-state index in [4.69, 9.17) is 5.26 Å². The fourth-order valence-corrected chi connectivity index (χ4v) is 3.09. The van der Waals surface area contributed by atoms with Gasteiger partial charge in [-0.05, 0) is 38.8 Å². The Morgan fingerprint density at radius 1 is 1.12 bits per heavy atom. The molecule has 1 aromatic heterocycles. The monoisotopic (exact) mass is 343 g/mol. The lowest BCUT2D eigenvalue weighted by molar-refractivity contribution is 0.511. The topological polar surface area (TPSA) is 64.8 Å². The zero-order chi connectivity index (χ0) is 18.0. The Kier molecular flexibility index (Phi) is 4.79. The van der Waals surface area contributed by atoms with Crippen LogP contribution in [0.4, 0.5) is 20.3 Å². The summed E-state index contributed by atoms with van der Waals surface area (Å²) in [5.74, 6) is 0.151. The first-order valence-electron chi connectivity index (χ1n) is 8.19. The van der Waals surface area contributed by atoms with Gasteiger partial charge >= 0.3 is 0 Å². The number of anilines is 2. The van der Waals surface area contributed by atoms with Gasteiger partial charge in [0.05, 0.1) is 11.6 Å². The molecule has 0 unspecified atom stereocenters. The van der Waals surface area contributed by atoms with Crippen molar-refractivity contribution in [1.82, 2.24) is 9.97 Å². The minimum absolute atomic E-state index is 0.0233. The molecule has 25 heavy (non-hydrogen) atoms. The normalized spacial score (nSPS) is 15.1. The molecule has 3 rings (SSSR count). The largest absolute Gasteiger partial charge is 0.377 e. The molecule has 7 heteroatoms. The molecule has 0 amide bonds. The van der Waals surface area contributed by atoms with Crippen molar-refractivity contribution in [3.8, 4) is 6.07 Å². The first-order valence-corrected chi connectivity index (χ1v) is 8.19. The predicted molar refractivity (Wildman–Crippen MR) is 91.4 cm³/mol. The summed E-state index contributed by atoms with van der Waals surface area (Å²) in [6.07, 6.45) is 1.47. The first kappa shape index (κ1) is 17.1. The highest BCUT2D eigenvalue weighted by Gasteiger charge is 2.23. The number of benzene rings is 1. The fourth-order valence-electron chi connectivity index (χ4n) is 3.09. The average Bonchev–Trinajstić information content (AvgIpc) is 2.57. The molecular weight excluding hydrogens is 324 g/mol. The Labute approximate surface area is 145 Å². The van der Waals surface area contributed by atoms with E-state index in [1.54, 1.807) is 6.07 Å². The van der Waals surface area contributed by atoms with Crippen molar-refractivity contribution in [3.63, 3.8) is 0 Å². The maximum absolute atomic E-state index is 14.0. The summed E-state index contributed by atoms with van der Waals surface area (Å²) in [5, 5.41) is 11.7. The Morgan fingerprint density at radius 3 is 2.32 bits per heavy atom. The highest BCUT2D eigenvalue weighted by molar-refractivity contribution is 5.51. The van der Waals surface area contributed by atoms with E-state index in [0.29, 0.717) is 0 Å². The smallest absolute Gasteiger partial charge is 0.150 e. The molecule has 130 valence electrons. The minimum Gasteiger partial charge on any atom is -0.377 e. The maximum Gasteiger partial charge on any atom is 0.150 e. The summed E-state index contributed by atoms with van der Waals surface area (Å²) in [6, 6.07) is 5.76. The zero-order valence-corrected chi connectivity index (χ0v) is 14.2. The van der Waals surface area contributed by atoms with E-state index in [9.17, 15) is 8.78 Å². The third-order valence-electron chi connectivity index (χ3n) is 4.29. The molecule has 1 saturated heterocycles. The number of rotatable bonds is 3. The second-order valence-electron chi connectivity index (χ2n) is 6.25. The number of hydrogen-bond donors (Lipinski definition) is 1. The van der Waals surface area contributed by atoms with Crippen LogP contribution in [0.3, 0.4) is 0 Å². The molecule has 0 bridgehead atoms. The van der Waals surface area contributed by atoms with Gasteiger partial charge < -0.3 is 10.2 Å². The number of nitrogens with zero attached hydrogens (tertiary/aromatic N) is 4. The molecule has 0 radical (unpaired) electrons. The SMILES string of the molecule is Cc1cc(N2CCC(Nc3c(F)cc(C#N)cc3F)CC2)nc(C)n1. The third kappa shape index (κ3) is 3.85. The van der Waals surface area contributed by atoms with Crippen LogP contribution < -0.4 is 10.2 Å². The Bertz CT molecular complexity index is 779. The summed E-state index contributed by atoms with van der Waals surface area (Å²) in [4.78, 5) is 10.9. The molecule has 1 aliphatic heterocycles. The second kappa shape index (κ2) is 7.01. The van der Waals surface area contributed by atoms with Gasteiger partial charge in [-0.3, -0.25) is 0 Å². The summed E-state index contributed by atoms with van der Waals surface area (Å²) in [5.41, 5.74) is 0.737. The van der Waals surface area contributed by atoms with E-state index in [2.05, 4.69) is 20.2 Å². The molecule has 1 N–H and O–H groups in total. The first-order chi connectivity index (χ1) is 12.0. The number of nitriles is 1. The van der Waals surface area contributed by atoms with Crippen LogP contribution in [0.2, 0.25) is 0 Å². The van der Waals surface area contributed by atoms with E-state index in [-0.39, 0.29) is 17.3 Å². The molecule has 0 saturated carbocycles. The van der Waals surface area contributed by atoms with Crippen LogP contribution in [-0.4, -0.2) is 29.1 Å². The summed E-state index contributed by atoms with van der Waals surface area (Å²) in [6.45, 7) is 5.28. The van der Waals surface area contributed by atoms with E-state index in [1.165, 1.54) is 0 Å². The van der Waals surface area contributed by atoms with Crippen molar-refractivity contribution < 1.29 is 8.78 Å². The highest BCUT2D eigenvalue weighted by atomic mass is 19.1. The Morgan fingerprint density at radius 2 is 1.76 bits per heavy atom. The van der Waals surface area contributed by atoms with Crippen molar-refractivity contribution in [1.29, 1.82) is 5.26 Å². The third-order valence-corrected chi connectivity index (χ3v) is 4.29. The predicted octanol–water partition coefficient (Wildman–Crippen LogP) is 3.32. The Balaban J connectivity index is 1.66. The van der Waals surface area contributed by atoms with Crippen LogP contribution in [0.5, 0.6) is 0 Å². The molecule has 1 aromatic carbocycles. The minimum atomic E-state index is -0.735. The number of hydrogen-bond acceptors (Lipinski definition) is 5. The van der Waals surface area contributed by atoms with Gasteiger partial charge in [0, 0.05) is 30.9 Å². The number of nitrogens with one attached hydrogen (secondary N) is 1. The van der Waals surface area contributed by atoms with Crippen molar-refractivity contribution in [2.45, 2.75) is 32.7 Å². The molecule has 1 fully saturated rings. The number of aryl methyl sites for hydroxylation is 2. The lowest BCUT2D eigenvalue weighted by Gasteiger charge is -2.34. The molecule has 0 atom stereocenters. The fraction of sp³-hybridized carbons (Fsp3) is 0.389. The van der Waals surface area contributed by atoms with Gasteiger partial charge in [-0.2, -0.15) is 5.26 Å². The highest BCUT2D eigenvalue weighted by Crippen LogP contribution is 2.25. The molecule has 1 aliphatic rings. The zero-order valence-electron chi connectivity index (χ0n) is 14.2. The van der Waals surface area contributed by atoms with E-state index in [0.717, 1.165) is 55.4 Å². The molecule has 2 aromatic rings. The average molecular weight is 343 g/mol. The van der Waals surface area contributed by atoms with Crippen molar-refractivity contribution in [3.05, 3.63) is 46.9 Å². The molecular formula is C18H19F2N5. The molecule has 2 heterocycles. The summed E-state index contributed by atoms with van der Waals surface area (Å²) < 4.78 is 28.0. The van der Waals surface area contributed by atoms with Gasteiger partial charge in [0.15, 0.2) is 11.6 Å². The van der Waals surface area contributed by atoms with Crippen LogP contribution in [0, 0.1) is 36.8 Å². The summed E-state index contributed by atoms with van der Waals surface area (Å²) >= 11 is 0. The van der Waals surface area contributed by atoms with Gasteiger partial charge in [0.25, 0.3) is 0 Å². The van der Waals surface area contributed by atoms with E-state index >= 15 is 0 Å². The van der Waals surface area contributed by atoms with Crippen LogP contribution in [0.1, 0.15) is 29.9 Å². The number of piperidine rings is 1. The number of halogens is 2. The van der Waals surface area contributed by atoms with Crippen molar-refractivity contribution in [2.24, 2.45) is 0 Å². The van der Waals surface area contributed by atoms with Gasteiger partial charge in [-0.1, -0.05) is 0 Å². The Hall–Kier alpha value is -2.75. The van der Waals surface area contributed by atoms with Crippen LogP contribution in [-0.2, 0) is 0 Å². The van der Waals surface area contributed by atoms with Gasteiger partial charge in [-0.15, -0.1) is 0 Å². The van der Waals surface area contributed by atoms with Crippen LogP contribution >= 0.6 is 0 Å². The second-order valence-corrected chi connectivity index (χ2v) is 6.25. The molecule has 5 nitrogen and oxygen atoms in total. The lowest BCUT2D eigenvalue weighted by atomic mass is 10.0. The van der Waals surface area contributed by atoms with Crippen molar-refractivity contribution in [2.75, 3.05) is 23.3 Å². The quantitative estimate of drug-likeness (QED) is 0.926. The van der Waals surface area contributed by atoms with Crippen LogP contribution in [0.25, 0.3) is 0 Å².